The van der Waals surface area contributed by atoms with Crippen molar-refractivity contribution in [2.24, 2.45) is 11.3 Å². The van der Waals surface area contributed by atoms with Gasteiger partial charge in [0.1, 0.15) is 0 Å². The number of piperidine rings is 1. The summed E-state index contributed by atoms with van der Waals surface area (Å²) in [5, 5.41) is 3.33. The summed E-state index contributed by atoms with van der Waals surface area (Å²) in [6, 6.07) is 6.17. The molecule has 0 aliphatic carbocycles. The molecule has 3 heteroatoms. The van der Waals surface area contributed by atoms with E-state index in [0.29, 0.717) is 5.41 Å². The van der Waals surface area contributed by atoms with Gasteiger partial charge in [-0.05, 0) is 50.0 Å². The minimum absolute atomic E-state index is 0.385. The molecule has 0 aromatic carbocycles. The zero-order valence-corrected chi connectivity index (χ0v) is 11.8. The van der Waals surface area contributed by atoms with Gasteiger partial charge < -0.3 is 5.32 Å². The van der Waals surface area contributed by atoms with Crippen LogP contribution >= 0.6 is 0 Å². The van der Waals surface area contributed by atoms with Gasteiger partial charge in [0.15, 0.2) is 0 Å². The fourth-order valence-corrected chi connectivity index (χ4v) is 2.99. The lowest BCUT2D eigenvalue weighted by atomic mass is 9.74. The van der Waals surface area contributed by atoms with Crippen LogP contribution in [0.15, 0.2) is 24.4 Å². The third kappa shape index (κ3) is 3.30. The second-order valence-corrected chi connectivity index (χ2v) is 6.06. The molecule has 0 saturated carbocycles. The quantitative estimate of drug-likeness (QED) is 0.883. The molecule has 0 amide bonds. The molecule has 100 valence electrons. The fourth-order valence-electron chi connectivity index (χ4n) is 2.99. The van der Waals surface area contributed by atoms with Crippen molar-refractivity contribution in [2.45, 2.75) is 26.8 Å². The first-order chi connectivity index (χ1) is 8.62. The Bertz CT molecular complexity index is 361. The lowest BCUT2D eigenvalue weighted by Gasteiger charge is -2.44. The van der Waals surface area contributed by atoms with E-state index in [2.05, 4.69) is 48.2 Å². The summed E-state index contributed by atoms with van der Waals surface area (Å²) in [6.45, 7) is 9.24. The molecule has 1 fully saturated rings. The van der Waals surface area contributed by atoms with Crippen molar-refractivity contribution in [3.8, 4) is 0 Å². The van der Waals surface area contributed by atoms with E-state index in [-0.39, 0.29) is 0 Å². The van der Waals surface area contributed by atoms with Gasteiger partial charge in [-0.2, -0.15) is 0 Å². The number of aromatic nitrogens is 1. The van der Waals surface area contributed by atoms with Gasteiger partial charge in [0.2, 0.25) is 0 Å². The normalized spacial score (nSPS) is 24.1. The Balaban J connectivity index is 1.94. The number of rotatable bonds is 4. The SMILES string of the molecule is CNCC1CCN(Cc2ccccn2)CC1(C)C. The third-order valence-corrected chi connectivity index (χ3v) is 4.09. The standard InChI is InChI=1S/C15H25N3/c1-15(2)12-18(9-7-13(15)10-16-3)11-14-6-4-5-8-17-14/h4-6,8,13,16H,7,9-12H2,1-3H3. The van der Waals surface area contributed by atoms with Gasteiger partial charge in [-0.25, -0.2) is 0 Å². The maximum atomic E-state index is 4.42. The summed E-state index contributed by atoms with van der Waals surface area (Å²) < 4.78 is 0. The van der Waals surface area contributed by atoms with Gasteiger partial charge in [0.05, 0.1) is 5.69 Å². The van der Waals surface area contributed by atoms with Crippen LogP contribution in [0.3, 0.4) is 0 Å². The summed E-state index contributed by atoms with van der Waals surface area (Å²) in [4.78, 5) is 6.96. The molecule has 1 aromatic rings. The second-order valence-electron chi connectivity index (χ2n) is 6.06. The highest BCUT2D eigenvalue weighted by Gasteiger charge is 2.35. The van der Waals surface area contributed by atoms with E-state index >= 15 is 0 Å². The van der Waals surface area contributed by atoms with Crippen molar-refractivity contribution >= 4 is 0 Å². The van der Waals surface area contributed by atoms with Gasteiger partial charge in [0.25, 0.3) is 0 Å². The first-order valence-corrected chi connectivity index (χ1v) is 6.88. The molecule has 1 aromatic heterocycles. The zero-order valence-electron chi connectivity index (χ0n) is 11.8. The Kier molecular flexibility index (Phi) is 4.36. The van der Waals surface area contributed by atoms with Crippen LogP contribution in [0.1, 0.15) is 26.0 Å². The van der Waals surface area contributed by atoms with E-state index in [1.54, 1.807) is 0 Å². The molecule has 0 radical (unpaired) electrons. The van der Waals surface area contributed by atoms with Crippen LogP contribution in [-0.4, -0.2) is 36.6 Å². The highest BCUT2D eigenvalue weighted by molar-refractivity contribution is 5.04. The molecule has 18 heavy (non-hydrogen) atoms. The molecule has 1 aliphatic rings. The number of likely N-dealkylation sites (tertiary alicyclic amines) is 1. The number of nitrogens with one attached hydrogen (secondary N) is 1. The van der Waals surface area contributed by atoms with Gasteiger partial charge in [0, 0.05) is 19.3 Å². The molecule has 1 unspecified atom stereocenters. The number of nitrogens with zero attached hydrogens (tertiary/aromatic N) is 2. The molecule has 3 nitrogen and oxygen atoms in total. The molecular formula is C15H25N3. The lowest BCUT2D eigenvalue weighted by Crippen LogP contribution is -2.48. The van der Waals surface area contributed by atoms with Crippen LogP contribution in [0.4, 0.5) is 0 Å². The van der Waals surface area contributed by atoms with E-state index in [9.17, 15) is 0 Å². The summed E-state index contributed by atoms with van der Waals surface area (Å²) >= 11 is 0. The summed E-state index contributed by atoms with van der Waals surface area (Å²) in [6.07, 6.45) is 3.16. The van der Waals surface area contributed by atoms with Crippen LogP contribution in [0, 0.1) is 11.3 Å². The minimum Gasteiger partial charge on any atom is -0.319 e. The van der Waals surface area contributed by atoms with Crippen molar-refractivity contribution in [3.05, 3.63) is 30.1 Å². The molecule has 0 bridgehead atoms. The van der Waals surface area contributed by atoms with Crippen molar-refractivity contribution in [2.75, 3.05) is 26.7 Å². The van der Waals surface area contributed by atoms with E-state index in [1.807, 2.05) is 12.3 Å². The Morgan fingerprint density at radius 3 is 2.89 bits per heavy atom. The maximum Gasteiger partial charge on any atom is 0.0543 e. The van der Waals surface area contributed by atoms with Crippen molar-refractivity contribution < 1.29 is 0 Å². The number of hydrogen-bond acceptors (Lipinski definition) is 3. The molecule has 1 N–H and O–H groups in total. The number of pyridine rings is 1. The van der Waals surface area contributed by atoms with Gasteiger partial charge >= 0.3 is 0 Å². The number of hydrogen-bond donors (Lipinski definition) is 1. The van der Waals surface area contributed by atoms with Gasteiger partial charge in [-0.3, -0.25) is 9.88 Å². The van der Waals surface area contributed by atoms with Gasteiger partial charge in [-0.1, -0.05) is 19.9 Å². The minimum atomic E-state index is 0.385. The predicted octanol–water partition coefficient (Wildman–Crippen LogP) is 2.15. The maximum absolute atomic E-state index is 4.42. The van der Waals surface area contributed by atoms with Gasteiger partial charge in [-0.15, -0.1) is 0 Å². The highest BCUT2D eigenvalue weighted by atomic mass is 15.1. The van der Waals surface area contributed by atoms with Crippen LogP contribution < -0.4 is 5.32 Å². The zero-order chi connectivity index (χ0) is 13.0. The van der Waals surface area contributed by atoms with E-state index in [0.717, 1.165) is 25.6 Å². The smallest absolute Gasteiger partial charge is 0.0543 e. The van der Waals surface area contributed by atoms with Crippen LogP contribution in [0.2, 0.25) is 0 Å². The van der Waals surface area contributed by atoms with E-state index < -0.39 is 0 Å². The summed E-state index contributed by atoms with van der Waals surface area (Å²) in [5.41, 5.74) is 1.57. The van der Waals surface area contributed by atoms with Crippen LogP contribution in [-0.2, 0) is 6.54 Å². The third-order valence-electron chi connectivity index (χ3n) is 4.09. The molecule has 1 aliphatic heterocycles. The van der Waals surface area contributed by atoms with Crippen molar-refractivity contribution in [1.82, 2.24) is 15.2 Å². The topological polar surface area (TPSA) is 28.2 Å². The first kappa shape index (κ1) is 13.5. The van der Waals surface area contributed by atoms with Crippen LogP contribution in [0.5, 0.6) is 0 Å². The van der Waals surface area contributed by atoms with Crippen LogP contribution in [0.25, 0.3) is 0 Å². The average molecular weight is 247 g/mol. The second kappa shape index (κ2) is 5.81. The summed E-state index contributed by atoms with van der Waals surface area (Å²) in [7, 11) is 2.05. The Morgan fingerprint density at radius 1 is 1.44 bits per heavy atom. The lowest BCUT2D eigenvalue weighted by molar-refractivity contribution is 0.0506. The van der Waals surface area contributed by atoms with Crippen molar-refractivity contribution in [3.63, 3.8) is 0 Å². The molecule has 1 saturated heterocycles. The van der Waals surface area contributed by atoms with E-state index in [1.165, 1.54) is 18.7 Å². The molecular weight excluding hydrogens is 222 g/mol. The molecule has 2 rings (SSSR count). The Morgan fingerprint density at radius 2 is 2.28 bits per heavy atom. The molecule has 0 spiro atoms. The molecule has 2 heterocycles. The highest BCUT2D eigenvalue weighted by Crippen LogP contribution is 2.34. The average Bonchev–Trinajstić information content (AvgIpc) is 2.33. The van der Waals surface area contributed by atoms with E-state index in [4.69, 9.17) is 0 Å². The molecule has 1 atom stereocenters. The largest absolute Gasteiger partial charge is 0.319 e. The Labute approximate surface area is 111 Å². The first-order valence-electron chi connectivity index (χ1n) is 6.88. The Hall–Kier alpha value is -0.930. The predicted molar refractivity (Wildman–Crippen MR) is 75.3 cm³/mol. The monoisotopic (exact) mass is 247 g/mol. The fraction of sp³-hybridized carbons (Fsp3) is 0.667. The van der Waals surface area contributed by atoms with Crippen molar-refractivity contribution in [1.29, 1.82) is 0 Å². The summed E-state index contributed by atoms with van der Waals surface area (Å²) in [5.74, 6) is 0.780.